The Hall–Kier alpha value is -3.60. The van der Waals surface area contributed by atoms with E-state index in [0.29, 0.717) is 13.0 Å². The van der Waals surface area contributed by atoms with Gasteiger partial charge >= 0.3 is 5.97 Å². The van der Waals surface area contributed by atoms with E-state index < -0.39 is 12.3 Å². The number of hydrogen-bond donors (Lipinski definition) is 4. The first kappa shape index (κ1) is 30.8. The van der Waals surface area contributed by atoms with Gasteiger partial charge in [0.05, 0.1) is 31.8 Å². The zero-order valence-corrected chi connectivity index (χ0v) is 24.2. The van der Waals surface area contributed by atoms with Gasteiger partial charge in [-0.2, -0.15) is 0 Å². The van der Waals surface area contributed by atoms with Gasteiger partial charge in [-0.05, 0) is 59.3 Å². The molecule has 228 valence electrons. The lowest BCUT2D eigenvalue weighted by Gasteiger charge is -2.38. The van der Waals surface area contributed by atoms with Crippen molar-refractivity contribution in [2.24, 2.45) is 0 Å². The number of amides is 1. The van der Waals surface area contributed by atoms with Crippen molar-refractivity contribution in [2.75, 3.05) is 19.7 Å². The molecule has 0 aromatic heterocycles. The van der Waals surface area contributed by atoms with Gasteiger partial charge in [-0.15, -0.1) is 0 Å². The molecule has 3 aromatic carbocycles. The summed E-state index contributed by atoms with van der Waals surface area (Å²) >= 11 is 0. The topological polar surface area (TPSA) is 129 Å². The maximum absolute atomic E-state index is 12.0. The molecule has 5 rings (SSSR count). The summed E-state index contributed by atoms with van der Waals surface area (Å²) in [5, 5.41) is 31.0. The first-order valence-corrected chi connectivity index (χ1v) is 14.9. The molecule has 0 unspecified atom stereocenters. The number of carbonyl (C=O) groups excluding carboxylic acids is 1. The van der Waals surface area contributed by atoms with Crippen LogP contribution in [-0.4, -0.2) is 63.9 Å². The van der Waals surface area contributed by atoms with Crippen molar-refractivity contribution in [3.8, 4) is 11.1 Å². The van der Waals surface area contributed by atoms with E-state index in [4.69, 9.17) is 14.6 Å². The van der Waals surface area contributed by atoms with Crippen LogP contribution in [0.15, 0.2) is 72.8 Å². The number of aliphatic hydroxyl groups excluding tert-OH is 2. The standard InChI is InChI=1S/C34H40N2O7/c37-21-23-9-11-25(12-10-23)31-18-30(20-36-15-3-8-29(36)22-38)42-34(43-31)28-7-2-6-27(17-28)26-5-1-4-24(16-26)19-35-32(39)13-14-33(40)41/h1-2,4-7,9-12,16-17,29-31,34,37-38H,3,8,13-15,18-22H2,(H,35,39)(H,40,41)/t29-,30-,31+,34+/m0/s1. The van der Waals surface area contributed by atoms with Crippen molar-refractivity contribution in [3.05, 3.63) is 95.1 Å². The summed E-state index contributed by atoms with van der Waals surface area (Å²) in [4.78, 5) is 25.1. The number of ether oxygens (including phenoxy) is 2. The second-order valence-corrected chi connectivity index (χ2v) is 11.3. The van der Waals surface area contributed by atoms with Gasteiger partial charge < -0.3 is 30.1 Å². The van der Waals surface area contributed by atoms with Gasteiger partial charge in [-0.1, -0.05) is 60.7 Å². The molecule has 4 atom stereocenters. The Morgan fingerprint density at radius 3 is 2.40 bits per heavy atom. The highest BCUT2D eigenvalue weighted by molar-refractivity contribution is 5.80. The minimum absolute atomic E-state index is 0.0112. The lowest BCUT2D eigenvalue weighted by Crippen LogP contribution is -2.42. The fraction of sp³-hybridized carbons (Fsp3) is 0.412. The highest BCUT2D eigenvalue weighted by Crippen LogP contribution is 2.39. The quantitative estimate of drug-likeness (QED) is 0.246. The number of rotatable bonds is 12. The first-order chi connectivity index (χ1) is 20.9. The van der Waals surface area contributed by atoms with Crippen molar-refractivity contribution in [3.63, 3.8) is 0 Å². The molecule has 0 spiro atoms. The van der Waals surface area contributed by atoms with Crippen LogP contribution in [0.25, 0.3) is 11.1 Å². The number of carbonyl (C=O) groups is 2. The Balaban J connectivity index is 1.33. The lowest BCUT2D eigenvalue weighted by atomic mass is 9.98. The maximum Gasteiger partial charge on any atom is 0.303 e. The fourth-order valence-electron chi connectivity index (χ4n) is 5.87. The molecule has 2 heterocycles. The van der Waals surface area contributed by atoms with Crippen LogP contribution in [0.1, 0.15) is 66.8 Å². The molecule has 2 fully saturated rings. The van der Waals surface area contributed by atoms with E-state index in [1.807, 2.05) is 66.7 Å². The third-order valence-corrected chi connectivity index (χ3v) is 8.24. The number of hydrogen-bond acceptors (Lipinski definition) is 7. The second kappa shape index (κ2) is 14.7. The predicted octanol–water partition coefficient (Wildman–Crippen LogP) is 4.33. The van der Waals surface area contributed by atoms with Gasteiger partial charge in [0, 0.05) is 37.5 Å². The molecule has 9 nitrogen and oxygen atoms in total. The monoisotopic (exact) mass is 588 g/mol. The van der Waals surface area contributed by atoms with Gasteiger partial charge in [-0.25, -0.2) is 0 Å². The zero-order chi connectivity index (χ0) is 30.2. The number of aliphatic carboxylic acids is 1. The molecule has 9 heteroatoms. The van der Waals surface area contributed by atoms with Crippen LogP contribution < -0.4 is 5.32 Å². The van der Waals surface area contributed by atoms with Crippen molar-refractivity contribution >= 4 is 11.9 Å². The molecular weight excluding hydrogens is 548 g/mol. The fourth-order valence-corrected chi connectivity index (χ4v) is 5.87. The Kier molecular flexibility index (Phi) is 10.6. The number of carboxylic acid groups (broad SMARTS) is 1. The van der Waals surface area contributed by atoms with Crippen LogP contribution in [0.5, 0.6) is 0 Å². The summed E-state index contributed by atoms with van der Waals surface area (Å²) in [6.45, 7) is 2.10. The Morgan fingerprint density at radius 2 is 1.65 bits per heavy atom. The summed E-state index contributed by atoms with van der Waals surface area (Å²) in [5.74, 6) is -1.29. The number of likely N-dealkylation sites (tertiary alicyclic amines) is 1. The van der Waals surface area contributed by atoms with Crippen LogP contribution in [0.4, 0.5) is 0 Å². The summed E-state index contributed by atoms with van der Waals surface area (Å²) in [7, 11) is 0. The number of nitrogens with zero attached hydrogens (tertiary/aromatic N) is 1. The highest BCUT2D eigenvalue weighted by Gasteiger charge is 2.35. The molecule has 0 bridgehead atoms. The summed E-state index contributed by atoms with van der Waals surface area (Å²) in [6.07, 6.45) is 1.62. The predicted molar refractivity (Wildman–Crippen MR) is 161 cm³/mol. The van der Waals surface area contributed by atoms with Crippen molar-refractivity contribution in [1.82, 2.24) is 10.2 Å². The van der Waals surface area contributed by atoms with E-state index in [-0.39, 0.29) is 50.2 Å². The molecule has 2 saturated heterocycles. The number of benzene rings is 3. The maximum atomic E-state index is 12.0. The summed E-state index contributed by atoms with van der Waals surface area (Å²) in [5.41, 5.74) is 5.64. The number of aliphatic hydroxyl groups is 2. The summed E-state index contributed by atoms with van der Waals surface area (Å²) in [6, 6.07) is 24.0. The molecule has 43 heavy (non-hydrogen) atoms. The van der Waals surface area contributed by atoms with E-state index >= 15 is 0 Å². The second-order valence-electron chi connectivity index (χ2n) is 11.3. The SMILES string of the molecule is O=C(O)CCC(=O)NCc1cccc(-c2cccc([C@@H]3O[C@H](CN4CCC[C@H]4CO)C[C@H](c4ccc(CO)cc4)O3)c2)c1. The van der Waals surface area contributed by atoms with Crippen LogP contribution in [0, 0.1) is 0 Å². The normalized spacial score (nSPS) is 22.4. The van der Waals surface area contributed by atoms with Crippen LogP contribution in [0.3, 0.4) is 0 Å². The molecule has 3 aromatic rings. The average Bonchev–Trinajstić information content (AvgIpc) is 3.49. The van der Waals surface area contributed by atoms with Gasteiger partial charge in [0.1, 0.15) is 0 Å². The summed E-state index contributed by atoms with van der Waals surface area (Å²) < 4.78 is 13.1. The molecular formula is C34H40N2O7. The van der Waals surface area contributed by atoms with Crippen molar-refractivity contribution < 1.29 is 34.4 Å². The van der Waals surface area contributed by atoms with E-state index in [2.05, 4.69) is 16.3 Å². The molecule has 0 radical (unpaired) electrons. The third kappa shape index (κ3) is 8.28. The Morgan fingerprint density at radius 1 is 0.884 bits per heavy atom. The first-order valence-electron chi connectivity index (χ1n) is 14.9. The van der Waals surface area contributed by atoms with Gasteiger partial charge in [-0.3, -0.25) is 14.5 Å². The van der Waals surface area contributed by atoms with Crippen molar-refractivity contribution in [1.29, 1.82) is 0 Å². The molecule has 2 aliphatic rings. The minimum atomic E-state index is -0.995. The van der Waals surface area contributed by atoms with Gasteiger partial charge in [0.25, 0.3) is 0 Å². The van der Waals surface area contributed by atoms with Crippen LogP contribution >= 0.6 is 0 Å². The third-order valence-electron chi connectivity index (χ3n) is 8.24. The zero-order valence-electron chi connectivity index (χ0n) is 24.2. The lowest BCUT2D eigenvalue weighted by molar-refractivity contribution is -0.253. The number of carboxylic acids is 1. The molecule has 0 saturated carbocycles. The van der Waals surface area contributed by atoms with Crippen LogP contribution in [-0.2, 0) is 32.2 Å². The smallest absolute Gasteiger partial charge is 0.303 e. The molecule has 0 aliphatic carbocycles. The van der Waals surface area contributed by atoms with E-state index in [0.717, 1.165) is 59.3 Å². The van der Waals surface area contributed by atoms with Gasteiger partial charge in [0.15, 0.2) is 6.29 Å². The van der Waals surface area contributed by atoms with Crippen molar-refractivity contribution in [2.45, 2.75) is 69.8 Å². The van der Waals surface area contributed by atoms with E-state index in [1.54, 1.807) is 0 Å². The largest absolute Gasteiger partial charge is 0.481 e. The van der Waals surface area contributed by atoms with Gasteiger partial charge in [0.2, 0.25) is 5.91 Å². The minimum Gasteiger partial charge on any atom is -0.481 e. The number of nitrogens with one attached hydrogen (secondary N) is 1. The average molecular weight is 589 g/mol. The molecule has 4 N–H and O–H groups in total. The molecule has 2 aliphatic heterocycles. The molecule has 1 amide bonds. The van der Waals surface area contributed by atoms with Crippen LogP contribution in [0.2, 0.25) is 0 Å². The van der Waals surface area contributed by atoms with E-state index in [9.17, 15) is 19.8 Å². The Bertz CT molecular complexity index is 1380. The highest BCUT2D eigenvalue weighted by atomic mass is 16.7. The van der Waals surface area contributed by atoms with E-state index in [1.165, 1.54) is 0 Å². The Labute approximate surface area is 252 Å².